The van der Waals surface area contributed by atoms with Crippen LogP contribution in [0.4, 0.5) is 10.5 Å². The number of fused-ring (bicyclic) bond motifs is 1. The SMILES string of the molecule is Cc1ccc2ccc(OC[C@H](NC(=O)OC(C)(C)C)C(=O)O)c([N+](=O)[O-])c2n1. The lowest BCUT2D eigenvalue weighted by Gasteiger charge is -2.22. The number of carboxylic acid groups (broad SMARTS) is 1. The predicted octanol–water partition coefficient (Wildman–Crippen LogP) is 2.81. The van der Waals surface area contributed by atoms with Crippen molar-refractivity contribution in [2.45, 2.75) is 39.3 Å². The number of carboxylic acids is 1. The van der Waals surface area contributed by atoms with E-state index in [-0.39, 0.29) is 17.0 Å². The Bertz CT molecular complexity index is 921. The first-order valence-electron chi connectivity index (χ1n) is 8.38. The molecular formula is C18H21N3O7. The minimum atomic E-state index is -1.46. The molecule has 0 spiro atoms. The van der Waals surface area contributed by atoms with E-state index in [1.807, 2.05) is 0 Å². The monoisotopic (exact) mass is 391 g/mol. The summed E-state index contributed by atoms with van der Waals surface area (Å²) < 4.78 is 10.4. The molecule has 0 radical (unpaired) electrons. The highest BCUT2D eigenvalue weighted by Crippen LogP contribution is 2.34. The Kier molecular flexibility index (Phi) is 6.02. The van der Waals surface area contributed by atoms with E-state index in [9.17, 15) is 24.8 Å². The van der Waals surface area contributed by atoms with E-state index in [0.29, 0.717) is 11.1 Å². The molecule has 10 heteroatoms. The summed E-state index contributed by atoms with van der Waals surface area (Å²) in [6, 6.07) is 4.90. The van der Waals surface area contributed by atoms with Crippen molar-refractivity contribution in [3.63, 3.8) is 0 Å². The van der Waals surface area contributed by atoms with E-state index >= 15 is 0 Å². The fourth-order valence-electron chi connectivity index (χ4n) is 2.34. The molecular weight excluding hydrogens is 370 g/mol. The molecule has 150 valence electrons. The number of nitrogens with one attached hydrogen (secondary N) is 1. The Labute approximate surface area is 160 Å². The van der Waals surface area contributed by atoms with Crippen LogP contribution in [0.5, 0.6) is 5.75 Å². The van der Waals surface area contributed by atoms with Gasteiger partial charge in [-0.3, -0.25) is 10.1 Å². The molecule has 0 fully saturated rings. The Morgan fingerprint density at radius 2 is 1.93 bits per heavy atom. The average Bonchev–Trinajstić information content (AvgIpc) is 2.55. The minimum absolute atomic E-state index is 0.134. The maximum atomic E-state index is 11.8. The van der Waals surface area contributed by atoms with Crippen LogP contribution in [0.25, 0.3) is 10.9 Å². The van der Waals surface area contributed by atoms with Gasteiger partial charge in [0.2, 0.25) is 0 Å². The highest BCUT2D eigenvalue weighted by molar-refractivity contribution is 5.90. The lowest BCUT2D eigenvalue weighted by molar-refractivity contribution is -0.384. The van der Waals surface area contributed by atoms with Gasteiger partial charge in [-0.25, -0.2) is 14.6 Å². The number of aromatic nitrogens is 1. The summed E-state index contributed by atoms with van der Waals surface area (Å²) in [7, 11) is 0. The number of nitro benzene ring substituents is 1. The smallest absolute Gasteiger partial charge is 0.408 e. The van der Waals surface area contributed by atoms with Gasteiger partial charge in [0.05, 0.1) is 4.92 Å². The van der Waals surface area contributed by atoms with Gasteiger partial charge in [-0.2, -0.15) is 0 Å². The normalized spacial score (nSPS) is 12.3. The molecule has 0 saturated carbocycles. The number of pyridine rings is 1. The van der Waals surface area contributed by atoms with E-state index < -0.39 is 35.2 Å². The van der Waals surface area contributed by atoms with E-state index in [0.717, 1.165) is 0 Å². The van der Waals surface area contributed by atoms with Gasteiger partial charge >= 0.3 is 17.7 Å². The summed E-state index contributed by atoms with van der Waals surface area (Å²) in [6.07, 6.45) is -0.936. The zero-order valence-corrected chi connectivity index (χ0v) is 15.9. The summed E-state index contributed by atoms with van der Waals surface area (Å²) in [5, 5.41) is 23.5. The van der Waals surface area contributed by atoms with E-state index in [2.05, 4.69) is 10.3 Å². The average molecular weight is 391 g/mol. The summed E-state index contributed by atoms with van der Waals surface area (Å²) >= 11 is 0. The number of hydrogen-bond donors (Lipinski definition) is 2. The molecule has 28 heavy (non-hydrogen) atoms. The number of nitrogens with zero attached hydrogens (tertiary/aromatic N) is 2. The van der Waals surface area contributed by atoms with E-state index in [1.165, 1.54) is 6.07 Å². The number of alkyl carbamates (subject to hydrolysis) is 1. The Balaban J connectivity index is 2.25. The van der Waals surface area contributed by atoms with Crippen molar-refractivity contribution in [3.05, 3.63) is 40.1 Å². The Hall–Kier alpha value is -3.43. The van der Waals surface area contributed by atoms with Gasteiger partial charge in [-0.05, 0) is 45.9 Å². The number of amides is 1. The molecule has 0 saturated heterocycles. The molecule has 0 unspecified atom stereocenters. The van der Waals surface area contributed by atoms with Crippen molar-refractivity contribution in [3.8, 4) is 5.75 Å². The van der Waals surface area contributed by atoms with Gasteiger partial charge in [0.15, 0.2) is 17.3 Å². The van der Waals surface area contributed by atoms with Gasteiger partial charge in [0.25, 0.3) is 0 Å². The zero-order chi connectivity index (χ0) is 21.1. The van der Waals surface area contributed by atoms with Crippen LogP contribution >= 0.6 is 0 Å². The van der Waals surface area contributed by atoms with Crippen molar-refractivity contribution < 1.29 is 29.1 Å². The quantitative estimate of drug-likeness (QED) is 0.565. The number of nitro groups is 1. The number of hydrogen-bond acceptors (Lipinski definition) is 7. The van der Waals surface area contributed by atoms with Crippen LogP contribution in [0.3, 0.4) is 0 Å². The fraction of sp³-hybridized carbons (Fsp3) is 0.389. The largest absolute Gasteiger partial charge is 0.484 e. The molecule has 1 heterocycles. The Morgan fingerprint density at radius 3 is 2.50 bits per heavy atom. The van der Waals surface area contributed by atoms with Crippen molar-refractivity contribution in [1.82, 2.24) is 10.3 Å². The van der Waals surface area contributed by atoms with Crippen LogP contribution in [-0.2, 0) is 9.53 Å². The summed E-state index contributed by atoms with van der Waals surface area (Å²) in [6.45, 7) is 6.06. The van der Waals surface area contributed by atoms with Crippen LogP contribution in [0.2, 0.25) is 0 Å². The van der Waals surface area contributed by atoms with Gasteiger partial charge < -0.3 is 19.9 Å². The van der Waals surface area contributed by atoms with Gasteiger partial charge in [0, 0.05) is 11.1 Å². The highest BCUT2D eigenvalue weighted by Gasteiger charge is 2.27. The van der Waals surface area contributed by atoms with E-state index in [1.54, 1.807) is 45.9 Å². The number of rotatable bonds is 6. The molecule has 0 aliphatic carbocycles. The predicted molar refractivity (Wildman–Crippen MR) is 99.4 cm³/mol. The number of aliphatic carboxylic acids is 1. The summed E-state index contributed by atoms with van der Waals surface area (Å²) in [4.78, 5) is 38.3. The van der Waals surface area contributed by atoms with E-state index in [4.69, 9.17) is 9.47 Å². The first-order valence-corrected chi connectivity index (χ1v) is 8.38. The molecule has 10 nitrogen and oxygen atoms in total. The van der Waals surface area contributed by atoms with Crippen molar-refractivity contribution in [2.75, 3.05) is 6.61 Å². The van der Waals surface area contributed by atoms with Crippen LogP contribution in [0.15, 0.2) is 24.3 Å². The molecule has 2 rings (SSSR count). The topological polar surface area (TPSA) is 141 Å². The first-order chi connectivity index (χ1) is 13.0. The first kappa shape index (κ1) is 20.9. The van der Waals surface area contributed by atoms with Gasteiger partial charge in [-0.1, -0.05) is 6.07 Å². The lowest BCUT2D eigenvalue weighted by Crippen LogP contribution is -2.46. The van der Waals surface area contributed by atoms with Crippen molar-refractivity contribution in [1.29, 1.82) is 0 Å². The Morgan fingerprint density at radius 1 is 1.29 bits per heavy atom. The van der Waals surface area contributed by atoms with Gasteiger partial charge in [-0.15, -0.1) is 0 Å². The molecule has 2 N–H and O–H groups in total. The number of carbonyl (C=O) groups excluding carboxylic acids is 1. The molecule has 0 aliphatic heterocycles. The summed E-state index contributed by atoms with van der Waals surface area (Å²) in [5.74, 6) is -1.52. The number of benzene rings is 1. The summed E-state index contributed by atoms with van der Waals surface area (Å²) in [5.41, 5.74) is -0.464. The molecule has 0 aliphatic rings. The third-order valence-electron chi connectivity index (χ3n) is 3.51. The minimum Gasteiger partial charge on any atom is -0.484 e. The maximum Gasteiger partial charge on any atom is 0.408 e. The second-order valence-corrected chi connectivity index (χ2v) is 7.04. The molecule has 1 aromatic carbocycles. The molecule has 2 aromatic rings. The molecule has 1 aromatic heterocycles. The molecule has 1 amide bonds. The van der Waals surface area contributed by atoms with Crippen LogP contribution in [0, 0.1) is 17.0 Å². The highest BCUT2D eigenvalue weighted by atomic mass is 16.6. The van der Waals surface area contributed by atoms with Crippen LogP contribution in [0.1, 0.15) is 26.5 Å². The number of ether oxygens (including phenoxy) is 2. The second-order valence-electron chi connectivity index (χ2n) is 7.04. The fourth-order valence-corrected chi connectivity index (χ4v) is 2.34. The molecule has 0 bridgehead atoms. The van der Waals surface area contributed by atoms with Crippen LogP contribution in [-0.4, -0.2) is 45.3 Å². The van der Waals surface area contributed by atoms with Crippen molar-refractivity contribution in [2.24, 2.45) is 0 Å². The maximum absolute atomic E-state index is 11.8. The number of carbonyl (C=O) groups is 2. The molecule has 1 atom stereocenters. The van der Waals surface area contributed by atoms with Gasteiger partial charge in [0.1, 0.15) is 12.2 Å². The second kappa shape index (κ2) is 8.07. The lowest BCUT2D eigenvalue weighted by atomic mass is 10.1. The standard InChI is InChI=1S/C18H21N3O7/c1-10-5-6-11-7-8-13(15(21(25)26)14(11)19-10)27-9-12(16(22)23)20-17(24)28-18(2,3)4/h5-8,12H,9H2,1-4H3,(H,20,24)(H,22,23)/t12-/m0/s1. The van der Waals surface area contributed by atoms with Crippen LogP contribution < -0.4 is 10.1 Å². The third kappa shape index (κ3) is 5.29. The third-order valence-corrected chi connectivity index (χ3v) is 3.51. The number of aryl methyl sites for hydroxylation is 1. The zero-order valence-electron chi connectivity index (χ0n) is 15.9. The van der Waals surface area contributed by atoms with Crippen molar-refractivity contribution >= 4 is 28.7 Å².